The Morgan fingerprint density at radius 1 is 1.21 bits per heavy atom. The number of rotatable bonds is 6. The summed E-state index contributed by atoms with van der Waals surface area (Å²) < 4.78 is 51.2. The minimum absolute atomic E-state index is 0.264. The highest BCUT2D eigenvalue weighted by Gasteiger charge is 2.29. The number of aromatic nitrogens is 2. The van der Waals surface area contributed by atoms with Gasteiger partial charge in [0.25, 0.3) is 6.43 Å². The first kappa shape index (κ1) is 26.0. The Bertz CT molecular complexity index is 1130. The van der Waals surface area contributed by atoms with Crippen molar-refractivity contribution in [1.29, 1.82) is 0 Å². The molecule has 0 bridgehead atoms. The van der Waals surface area contributed by atoms with Crippen molar-refractivity contribution >= 4 is 28.9 Å². The fourth-order valence-electron chi connectivity index (χ4n) is 3.30. The van der Waals surface area contributed by atoms with Crippen LogP contribution in [0.5, 0.6) is 0 Å². The second-order valence-electron chi connectivity index (χ2n) is 7.35. The van der Waals surface area contributed by atoms with E-state index in [0.717, 1.165) is 24.7 Å². The predicted molar refractivity (Wildman–Crippen MR) is 124 cm³/mol. The van der Waals surface area contributed by atoms with E-state index < -0.39 is 17.4 Å². The molecule has 1 aliphatic rings. The van der Waals surface area contributed by atoms with Crippen LogP contribution < -0.4 is 5.73 Å². The summed E-state index contributed by atoms with van der Waals surface area (Å²) in [6.45, 7) is 0.977. The molecule has 34 heavy (non-hydrogen) atoms. The van der Waals surface area contributed by atoms with Gasteiger partial charge in [0.15, 0.2) is 0 Å². The molecule has 0 radical (unpaired) electrons. The van der Waals surface area contributed by atoms with Gasteiger partial charge in [-0.15, -0.1) is 0 Å². The zero-order chi connectivity index (χ0) is 24.7. The third-order valence-corrected chi connectivity index (χ3v) is 6.78. The van der Waals surface area contributed by atoms with E-state index in [1.165, 1.54) is 42.6 Å². The molecule has 6 nitrogen and oxygen atoms in total. The maximum Gasteiger partial charge on any atom is 0.280 e. The lowest BCUT2D eigenvalue weighted by atomic mass is 10.1. The molecule has 1 fully saturated rings. The van der Waals surface area contributed by atoms with Crippen LogP contribution in [0.3, 0.4) is 0 Å². The maximum absolute atomic E-state index is 12.7. The monoisotopic (exact) mass is 510 g/mol. The molecule has 2 atom stereocenters. The van der Waals surface area contributed by atoms with Crippen molar-refractivity contribution in [3.05, 3.63) is 77.0 Å². The van der Waals surface area contributed by atoms with Gasteiger partial charge in [0.05, 0.1) is 16.6 Å². The van der Waals surface area contributed by atoms with Crippen LogP contribution in [0, 0.1) is 5.82 Å². The van der Waals surface area contributed by atoms with Crippen LogP contribution in [0.15, 0.2) is 59.6 Å². The molecule has 3 heterocycles. The van der Waals surface area contributed by atoms with Crippen molar-refractivity contribution in [2.75, 3.05) is 6.54 Å². The second-order valence-corrected chi connectivity index (χ2v) is 9.18. The number of nitrogens with two attached hydrogens (primary N) is 1. The van der Waals surface area contributed by atoms with Gasteiger partial charge in [0, 0.05) is 24.8 Å². The lowest BCUT2D eigenvalue weighted by Gasteiger charge is -2.18. The molecule has 2 N–H and O–H groups in total. The Balaban J connectivity index is 0.000000192. The highest BCUT2D eigenvalue weighted by molar-refractivity contribution is 7.82. The molecule has 1 saturated heterocycles. The lowest BCUT2D eigenvalue weighted by Crippen LogP contribution is -2.32. The van der Waals surface area contributed by atoms with Crippen LogP contribution >= 0.6 is 11.6 Å². The minimum atomic E-state index is -2.58. The van der Waals surface area contributed by atoms with E-state index in [1.807, 2.05) is 0 Å². The van der Waals surface area contributed by atoms with E-state index in [1.54, 1.807) is 16.4 Å². The first-order chi connectivity index (χ1) is 16.3. The average Bonchev–Trinajstić information content (AvgIpc) is 3.33. The topological polar surface area (TPSA) is 89.2 Å². The van der Waals surface area contributed by atoms with E-state index >= 15 is 0 Å². The van der Waals surface area contributed by atoms with Crippen LogP contribution in [-0.4, -0.2) is 37.4 Å². The molecule has 0 amide bonds. The van der Waals surface area contributed by atoms with Gasteiger partial charge in [-0.05, 0) is 66.9 Å². The quantitative estimate of drug-likeness (QED) is 0.383. The van der Waals surface area contributed by atoms with Crippen molar-refractivity contribution in [1.82, 2.24) is 14.3 Å². The van der Waals surface area contributed by atoms with Gasteiger partial charge in [0.1, 0.15) is 33.9 Å². The van der Waals surface area contributed by atoms with E-state index in [9.17, 15) is 22.2 Å². The maximum atomic E-state index is 12.7. The zero-order valence-corrected chi connectivity index (χ0v) is 19.5. The van der Waals surface area contributed by atoms with Crippen molar-refractivity contribution in [3.63, 3.8) is 0 Å². The molecule has 11 heteroatoms. The highest BCUT2D eigenvalue weighted by atomic mass is 35.5. The van der Waals surface area contributed by atoms with Gasteiger partial charge in [-0.1, -0.05) is 11.6 Å². The Hall–Kier alpha value is -2.66. The van der Waals surface area contributed by atoms with Gasteiger partial charge in [-0.3, -0.25) is 4.98 Å². The van der Waals surface area contributed by atoms with Gasteiger partial charge < -0.3 is 10.5 Å². The molecule has 2 aromatic heterocycles. The molecule has 1 aliphatic heterocycles. The fourth-order valence-corrected chi connectivity index (χ4v) is 4.86. The van der Waals surface area contributed by atoms with E-state index in [4.69, 9.17) is 17.3 Å². The zero-order valence-electron chi connectivity index (χ0n) is 17.9. The van der Waals surface area contributed by atoms with E-state index in [-0.39, 0.29) is 17.6 Å². The number of pyridine rings is 2. The summed E-state index contributed by atoms with van der Waals surface area (Å²) in [6, 6.07) is 11.5. The number of carbonyl (C=O) groups is 1. The first-order valence-corrected chi connectivity index (χ1v) is 11.8. The number of benzene rings is 1. The van der Waals surface area contributed by atoms with Crippen molar-refractivity contribution < 1.29 is 22.2 Å². The van der Waals surface area contributed by atoms with Gasteiger partial charge in [-0.25, -0.2) is 26.7 Å². The molecule has 180 valence electrons. The lowest BCUT2D eigenvalue weighted by molar-refractivity contribution is -0.110. The predicted octanol–water partition coefficient (Wildman–Crippen LogP) is 4.70. The molecule has 0 aliphatic carbocycles. The number of carbonyl (C=O) groups excluding carboxylic acids is 1. The van der Waals surface area contributed by atoms with Gasteiger partial charge in [-0.2, -0.15) is 0 Å². The van der Waals surface area contributed by atoms with Crippen LogP contribution in [0.2, 0.25) is 5.15 Å². The highest BCUT2D eigenvalue weighted by Crippen LogP contribution is 2.24. The Labute approximate surface area is 202 Å². The molecule has 4 rings (SSSR count). The summed E-state index contributed by atoms with van der Waals surface area (Å²) in [5.41, 5.74) is 7.27. The Kier molecular flexibility index (Phi) is 9.28. The number of alkyl halides is 2. The molecular weight excluding hydrogens is 489 g/mol. The van der Waals surface area contributed by atoms with Gasteiger partial charge >= 0.3 is 0 Å². The molecule has 1 aromatic carbocycles. The second kappa shape index (κ2) is 12.2. The van der Waals surface area contributed by atoms with Crippen LogP contribution in [-0.2, 0) is 22.3 Å². The summed E-state index contributed by atoms with van der Waals surface area (Å²) in [4.78, 5) is 19.1. The van der Waals surface area contributed by atoms with Crippen LogP contribution in [0.1, 0.15) is 30.5 Å². The number of hydrogen-bond acceptors (Lipinski definition) is 5. The van der Waals surface area contributed by atoms with Crippen molar-refractivity contribution in [2.45, 2.75) is 36.7 Å². The largest absolute Gasteiger partial charge is 0.326 e. The summed E-state index contributed by atoms with van der Waals surface area (Å²) in [6.07, 6.45) is 1.22. The summed E-state index contributed by atoms with van der Waals surface area (Å²) >= 11 is 5.85. The molecule has 0 spiro atoms. The summed E-state index contributed by atoms with van der Waals surface area (Å²) in [5, 5.41) is 0.311. The standard InChI is InChI=1S/C12H10ClF2N3.C11H12FNO2S/c13-11-4-7(5-16)3-10(18-11)8-1-2-9(12(14)15)17-6-8;12-9-3-5-11(6-4-9)16(15)13-7-1-2-10(13)8-14/h1-4,6,12H,5,16H2;3-6,8,10H,1-2,7H2. The Morgan fingerprint density at radius 2 is 1.94 bits per heavy atom. The molecular formula is C23H22ClF3N4O2S. The van der Waals surface area contributed by atoms with E-state index in [2.05, 4.69) is 9.97 Å². The summed E-state index contributed by atoms with van der Waals surface area (Å²) in [5.74, 6) is -0.353. The number of nitrogens with zero attached hydrogens (tertiary/aromatic N) is 3. The third kappa shape index (κ3) is 6.69. The molecule has 3 aromatic rings. The van der Waals surface area contributed by atoms with Gasteiger partial charge in [0.2, 0.25) is 0 Å². The summed E-state index contributed by atoms with van der Waals surface area (Å²) in [7, 11) is -1.36. The van der Waals surface area contributed by atoms with Crippen molar-refractivity contribution in [2.24, 2.45) is 5.73 Å². The molecule has 2 unspecified atom stereocenters. The average molecular weight is 511 g/mol. The SMILES string of the molecule is NCc1cc(Cl)nc(-c2ccc(C(F)F)nc2)c1.O=CC1CCCN1S(=O)c1ccc(F)cc1. The first-order valence-electron chi connectivity index (χ1n) is 10.3. The number of halogens is 4. The van der Waals surface area contributed by atoms with E-state index in [0.29, 0.717) is 34.4 Å². The molecule has 0 saturated carbocycles. The van der Waals surface area contributed by atoms with Crippen LogP contribution in [0.25, 0.3) is 11.3 Å². The minimum Gasteiger partial charge on any atom is -0.326 e. The fraction of sp³-hybridized carbons (Fsp3) is 0.261. The smallest absolute Gasteiger partial charge is 0.280 e. The number of hydrogen-bond donors (Lipinski definition) is 1. The van der Waals surface area contributed by atoms with Crippen LogP contribution in [0.4, 0.5) is 13.2 Å². The number of aldehydes is 1. The Morgan fingerprint density at radius 3 is 2.53 bits per heavy atom. The normalized spacial score (nSPS) is 16.7. The van der Waals surface area contributed by atoms with Crippen molar-refractivity contribution in [3.8, 4) is 11.3 Å². The third-order valence-electron chi connectivity index (χ3n) is 5.03.